The minimum atomic E-state index is -1.08. The Morgan fingerprint density at radius 2 is 1.44 bits per heavy atom. The summed E-state index contributed by atoms with van der Waals surface area (Å²) in [5.74, 6) is -2.56. The minimum Gasteiger partial charge on any atom is -0.478 e. The molecular formula is C28H21FN2O4S. The molecule has 0 spiro atoms. The average Bonchev–Trinajstić information content (AvgIpc) is 2.89. The van der Waals surface area contributed by atoms with Gasteiger partial charge in [-0.1, -0.05) is 48.5 Å². The summed E-state index contributed by atoms with van der Waals surface area (Å²) in [6.07, 6.45) is 0. The predicted octanol–water partition coefficient (Wildman–Crippen LogP) is 6.25. The van der Waals surface area contributed by atoms with Crippen LogP contribution in [-0.2, 0) is 4.79 Å². The first kappa shape index (κ1) is 24.7. The van der Waals surface area contributed by atoms with Gasteiger partial charge in [-0.3, -0.25) is 9.59 Å². The Kier molecular flexibility index (Phi) is 7.77. The molecule has 0 heterocycles. The van der Waals surface area contributed by atoms with Crippen molar-refractivity contribution in [3.8, 4) is 0 Å². The van der Waals surface area contributed by atoms with Crippen molar-refractivity contribution in [1.29, 1.82) is 0 Å². The van der Waals surface area contributed by atoms with Crippen LogP contribution >= 0.6 is 11.8 Å². The number of halogens is 1. The van der Waals surface area contributed by atoms with E-state index >= 15 is 0 Å². The molecule has 0 aliphatic rings. The number of amides is 2. The zero-order valence-corrected chi connectivity index (χ0v) is 19.7. The van der Waals surface area contributed by atoms with Crippen LogP contribution in [0.1, 0.15) is 31.5 Å². The molecule has 0 fully saturated rings. The maximum atomic E-state index is 13.9. The lowest BCUT2D eigenvalue weighted by atomic mass is 10.1. The molecule has 8 heteroatoms. The van der Waals surface area contributed by atoms with Gasteiger partial charge in [-0.2, -0.15) is 0 Å². The molecule has 4 rings (SSSR count). The number of carbonyl (C=O) groups excluding carboxylic acids is 2. The standard InChI is InChI=1S/C28H21FN2O4S/c29-24-12-5-4-11-23(24)26(32)30-20-13-15-22(16-14-20)36-25(18-7-2-1-3-8-18)27(33)31-21-10-6-9-19(17-21)28(34)35/h1-17,25H,(H,30,32)(H,31,33)(H,34,35). The van der Waals surface area contributed by atoms with E-state index in [1.807, 2.05) is 30.3 Å². The van der Waals surface area contributed by atoms with Crippen LogP contribution in [-0.4, -0.2) is 22.9 Å². The molecule has 3 N–H and O–H groups in total. The third kappa shape index (κ3) is 6.17. The van der Waals surface area contributed by atoms with E-state index in [0.717, 1.165) is 10.5 Å². The van der Waals surface area contributed by atoms with Crippen LogP contribution in [0.4, 0.5) is 15.8 Å². The van der Waals surface area contributed by atoms with Gasteiger partial charge >= 0.3 is 5.97 Å². The fraction of sp³-hybridized carbons (Fsp3) is 0.0357. The van der Waals surface area contributed by atoms with E-state index in [4.69, 9.17) is 0 Å². The molecule has 4 aromatic carbocycles. The fourth-order valence-corrected chi connectivity index (χ4v) is 4.46. The first-order chi connectivity index (χ1) is 17.4. The third-order valence-electron chi connectivity index (χ3n) is 5.20. The van der Waals surface area contributed by atoms with Crippen LogP contribution in [0.25, 0.3) is 0 Å². The number of thioether (sulfide) groups is 1. The van der Waals surface area contributed by atoms with Gasteiger partial charge in [-0.05, 0) is 60.2 Å². The largest absolute Gasteiger partial charge is 0.478 e. The highest BCUT2D eigenvalue weighted by Crippen LogP contribution is 2.36. The molecule has 0 radical (unpaired) electrons. The molecular weight excluding hydrogens is 479 g/mol. The molecule has 1 unspecified atom stereocenters. The lowest BCUT2D eigenvalue weighted by Gasteiger charge is -2.17. The van der Waals surface area contributed by atoms with Gasteiger partial charge in [0.1, 0.15) is 11.1 Å². The lowest BCUT2D eigenvalue weighted by Crippen LogP contribution is -2.19. The molecule has 0 saturated heterocycles. The Morgan fingerprint density at radius 3 is 2.14 bits per heavy atom. The van der Waals surface area contributed by atoms with Crippen molar-refractivity contribution >= 4 is 40.9 Å². The SMILES string of the molecule is O=C(O)c1cccc(NC(=O)C(Sc2ccc(NC(=O)c3ccccc3F)cc2)c2ccccc2)c1. The average molecular weight is 501 g/mol. The minimum absolute atomic E-state index is 0.0521. The first-order valence-corrected chi connectivity index (χ1v) is 11.8. The summed E-state index contributed by atoms with van der Waals surface area (Å²) < 4.78 is 13.9. The second-order valence-corrected chi connectivity index (χ2v) is 8.92. The number of benzene rings is 4. The number of carboxylic acids is 1. The van der Waals surface area contributed by atoms with Crippen LogP contribution in [0, 0.1) is 5.82 Å². The first-order valence-electron chi connectivity index (χ1n) is 10.9. The van der Waals surface area contributed by atoms with Gasteiger partial charge < -0.3 is 15.7 Å². The van der Waals surface area contributed by atoms with Crippen molar-refractivity contribution in [3.63, 3.8) is 0 Å². The Bertz CT molecular complexity index is 1390. The van der Waals surface area contributed by atoms with E-state index in [1.165, 1.54) is 42.1 Å². The highest BCUT2D eigenvalue weighted by Gasteiger charge is 2.22. The monoisotopic (exact) mass is 500 g/mol. The van der Waals surface area contributed by atoms with Crippen molar-refractivity contribution in [3.05, 3.63) is 126 Å². The van der Waals surface area contributed by atoms with Crippen LogP contribution in [0.15, 0.2) is 108 Å². The quantitative estimate of drug-likeness (QED) is 0.249. The molecule has 180 valence electrons. The summed E-state index contributed by atoms with van der Waals surface area (Å²) >= 11 is 1.31. The summed E-state index contributed by atoms with van der Waals surface area (Å²) in [6.45, 7) is 0. The topological polar surface area (TPSA) is 95.5 Å². The Morgan fingerprint density at radius 1 is 0.750 bits per heavy atom. The van der Waals surface area contributed by atoms with E-state index in [-0.39, 0.29) is 17.0 Å². The smallest absolute Gasteiger partial charge is 0.335 e. The van der Waals surface area contributed by atoms with Gasteiger partial charge in [0.2, 0.25) is 5.91 Å². The number of carbonyl (C=O) groups is 3. The van der Waals surface area contributed by atoms with E-state index in [0.29, 0.717) is 11.4 Å². The van der Waals surface area contributed by atoms with E-state index in [2.05, 4.69) is 10.6 Å². The highest BCUT2D eigenvalue weighted by molar-refractivity contribution is 8.00. The van der Waals surface area contributed by atoms with Gasteiger partial charge in [0.15, 0.2) is 0 Å². The molecule has 0 saturated carbocycles. The van der Waals surface area contributed by atoms with Crippen molar-refractivity contribution in [1.82, 2.24) is 0 Å². The number of aromatic carboxylic acids is 1. The zero-order valence-electron chi connectivity index (χ0n) is 18.9. The van der Waals surface area contributed by atoms with Gasteiger partial charge in [0.25, 0.3) is 5.91 Å². The van der Waals surface area contributed by atoms with Crippen LogP contribution in [0.2, 0.25) is 0 Å². The molecule has 1 atom stereocenters. The highest BCUT2D eigenvalue weighted by atomic mass is 32.2. The van der Waals surface area contributed by atoms with Crippen molar-refractivity contribution in [2.75, 3.05) is 10.6 Å². The molecule has 0 aromatic heterocycles. The third-order valence-corrected chi connectivity index (χ3v) is 6.47. The van der Waals surface area contributed by atoms with Crippen molar-refractivity contribution in [2.45, 2.75) is 10.1 Å². The second kappa shape index (κ2) is 11.3. The summed E-state index contributed by atoms with van der Waals surface area (Å²) in [7, 11) is 0. The van der Waals surface area contributed by atoms with E-state index in [1.54, 1.807) is 42.5 Å². The summed E-state index contributed by atoms with van der Waals surface area (Å²) in [4.78, 5) is 37.6. The molecule has 6 nitrogen and oxygen atoms in total. The van der Waals surface area contributed by atoms with Gasteiger partial charge in [0.05, 0.1) is 11.1 Å². The van der Waals surface area contributed by atoms with Crippen LogP contribution < -0.4 is 10.6 Å². The summed E-state index contributed by atoms with van der Waals surface area (Å²) in [6, 6.07) is 27.9. The predicted molar refractivity (Wildman–Crippen MR) is 138 cm³/mol. The molecule has 4 aromatic rings. The molecule has 2 amide bonds. The zero-order chi connectivity index (χ0) is 25.5. The Hall–Kier alpha value is -4.43. The van der Waals surface area contributed by atoms with Crippen molar-refractivity contribution in [2.24, 2.45) is 0 Å². The lowest BCUT2D eigenvalue weighted by molar-refractivity contribution is -0.115. The van der Waals surface area contributed by atoms with Crippen LogP contribution in [0.3, 0.4) is 0 Å². The number of hydrogen-bond donors (Lipinski definition) is 3. The number of carboxylic acid groups (broad SMARTS) is 1. The van der Waals surface area contributed by atoms with E-state index in [9.17, 15) is 23.9 Å². The maximum Gasteiger partial charge on any atom is 0.335 e. The Balaban J connectivity index is 1.50. The summed E-state index contributed by atoms with van der Waals surface area (Å²) in [5.41, 5.74) is 1.66. The van der Waals surface area contributed by atoms with Crippen molar-refractivity contribution < 1.29 is 23.9 Å². The van der Waals surface area contributed by atoms with Gasteiger partial charge in [0, 0.05) is 16.3 Å². The normalized spacial score (nSPS) is 11.4. The molecule has 0 aliphatic heterocycles. The molecule has 36 heavy (non-hydrogen) atoms. The van der Waals surface area contributed by atoms with Gasteiger partial charge in [-0.25, -0.2) is 9.18 Å². The van der Waals surface area contributed by atoms with Gasteiger partial charge in [-0.15, -0.1) is 11.8 Å². The number of hydrogen-bond acceptors (Lipinski definition) is 4. The number of anilines is 2. The fourth-order valence-electron chi connectivity index (χ4n) is 3.44. The Labute approximate surface area is 211 Å². The van der Waals surface area contributed by atoms with Crippen LogP contribution in [0.5, 0.6) is 0 Å². The molecule has 0 bridgehead atoms. The number of rotatable bonds is 8. The van der Waals surface area contributed by atoms with E-state index < -0.39 is 22.9 Å². The summed E-state index contributed by atoms with van der Waals surface area (Å²) in [5, 5.41) is 14.1. The number of nitrogens with one attached hydrogen (secondary N) is 2. The molecule has 0 aliphatic carbocycles. The maximum absolute atomic E-state index is 13.9. The second-order valence-electron chi connectivity index (χ2n) is 7.74.